The molecule has 0 saturated carbocycles. The highest BCUT2D eigenvalue weighted by Gasteiger charge is 2.27. The minimum absolute atomic E-state index is 0.162. The third-order valence-corrected chi connectivity index (χ3v) is 2.74. The Bertz CT molecular complexity index is 240. The average Bonchev–Trinajstić information content (AvgIpc) is 2.14. The molecule has 2 N–H and O–H groups in total. The number of hydrogen-bond donors (Lipinski definition) is 2. The lowest BCUT2D eigenvalue weighted by atomic mass is 9.83. The Kier molecular flexibility index (Phi) is 4.19. The molecule has 0 aromatic heterocycles. The molecule has 1 aliphatic rings. The number of ether oxygens (including phenoxy) is 1. The second kappa shape index (κ2) is 5.04. The second-order valence-corrected chi connectivity index (χ2v) is 5.95. The van der Waals surface area contributed by atoms with Crippen LogP contribution in [0.2, 0.25) is 0 Å². The fraction of sp³-hybridized carbons (Fsp3) is 0.917. The number of nitrogens with one attached hydrogen (secondary N) is 2. The molecule has 4 nitrogen and oxygen atoms in total. The van der Waals surface area contributed by atoms with Crippen LogP contribution in [0.5, 0.6) is 0 Å². The van der Waals surface area contributed by atoms with Gasteiger partial charge in [0.2, 0.25) is 0 Å². The number of carbonyl (C=O) groups excluding carboxylic acids is 1. The smallest absolute Gasteiger partial charge is 0.407 e. The largest absolute Gasteiger partial charge is 0.444 e. The molecule has 1 fully saturated rings. The van der Waals surface area contributed by atoms with Crippen molar-refractivity contribution in [3.63, 3.8) is 0 Å². The standard InChI is InChI=1S/C12H24N2O2/c1-11(2,3)16-10(15)14-9-12(4)6-5-7-13-8-12/h13H,5-9H2,1-4H3,(H,14,15)/t12-/m0/s1. The zero-order chi connectivity index (χ0) is 12.2. The molecular weight excluding hydrogens is 204 g/mol. The van der Waals surface area contributed by atoms with Crippen molar-refractivity contribution in [3.05, 3.63) is 0 Å². The van der Waals surface area contributed by atoms with E-state index in [0.717, 1.165) is 19.5 Å². The molecule has 0 unspecified atom stereocenters. The van der Waals surface area contributed by atoms with E-state index < -0.39 is 5.60 Å². The van der Waals surface area contributed by atoms with Gasteiger partial charge in [-0.05, 0) is 45.6 Å². The van der Waals surface area contributed by atoms with E-state index in [-0.39, 0.29) is 11.5 Å². The summed E-state index contributed by atoms with van der Waals surface area (Å²) in [6.45, 7) is 10.5. The van der Waals surface area contributed by atoms with Crippen molar-refractivity contribution < 1.29 is 9.53 Å². The first-order valence-electron chi connectivity index (χ1n) is 5.98. The van der Waals surface area contributed by atoms with Gasteiger partial charge < -0.3 is 15.4 Å². The summed E-state index contributed by atoms with van der Waals surface area (Å²) in [5.74, 6) is 0. The number of piperidine rings is 1. The molecule has 1 rings (SSSR count). The second-order valence-electron chi connectivity index (χ2n) is 5.95. The average molecular weight is 228 g/mol. The van der Waals surface area contributed by atoms with Crippen molar-refractivity contribution in [1.29, 1.82) is 0 Å². The predicted molar refractivity (Wildman–Crippen MR) is 64.4 cm³/mol. The minimum atomic E-state index is -0.421. The van der Waals surface area contributed by atoms with Gasteiger partial charge in [-0.15, -0.1) is 0 Å². The lowest BCUT2D eigenvalue weighted by Crippen LogP contribution is -2.46. The van der Waals surface area contributed by atoms with Crippen LogP contribution in [0, 0.1) is 5.41 Å². The molecule has 1 aliphatic heterocycles. The highest BCUT2D eigenvalue weighted by molar-refractivity contribution is 5.67. The van der Waals surface area contributed by atoms with E-state index in [1.54, 1.807) is 0 Å². The number of amides is 1. The third kappa shape index (κ3) is 4.84. The van der Waals surface area contributed by atoms with Gasteiger partial charge in [-0.2, -0.15) is 0 Å². The predicted octanol–water partition coefficient (Wildman–Crippen LogP) is 1.90. The molecule has 1 amide bonds. The first-order chi connectivity index (χ1) is 7.31. The molecule has 0 aliphatic carbocycles. The van der Waals surface area contributed by atoms with Crippen LogP contribution in [0.4, 0.5) is 4.79 Å². The highest BCUT2D eigenvalue weighted by Crippen LogP contribution is 2.24. The maximum Gasteiger partial charge on any atom is 0.407 e. The van der Waals surface area contributed by atoms with Gasteiger partial charge in [0.1, 0.15) is 5.60 Å². The first-order valence-corrected chi connectivity index (χ1v) is 5.98. The molecule has 1 atom stereocenters. The summed E-state index contributed by atoms with van der Waals surface area (Å²) in [4.78, 5) is 11.5. The quantitative estimate of drug-likeness (QED) is 0.759. The molecule has 16 heavy (non-hydrogen) atoms. The number of rotatable bonds is 2. The fourth-order valence-electron chi connectivity index (χ4n) is 1.87. The van der Waals surface area contributed by atoms with E-state index in [2.05, 4.69) is 17.6 Å². The first kappa shape index (κ1) is 13.3. The Hall–Kier alpha value is -0.770. The van der Waals surface area contributed by atoms with Crippen molar-refractivity contribution in [3.8, 4) is 0 Å². The van der Waals surface area contributed by atoms with Crippen LogP contribution in [-0.4, -0.2) is 31.3 Å². The summed E-state index contributed by atoms with van der Waals surface area (Å²) in [5.41, 5.74) is -0.259. The number of carbonyl (C=O) groups is 1. The maximum atomic E-state index is 11.5. The Morgan fingerprint density at radius 2 is 2.19 bits per heavy atom. The van der Waals surface area contributed by atoms with Crippen LogP contribution in [0.15, 0.2) is 0 Å². The van der Waals surface area contributed by atoms with E-state index in [1.807, 2.05) is 20.8 Å². The Labute approximate surface area is 98.1 Å². The van der Waals surface area contributed by atoms with Crippen LogP contribution in [0.3, 0.4) is 0 Å². The SMILES string of the molecule is CC(C)(C)OC(=O)NC[C@@]1(C)CCCNC1. The molecule has 94 valence electrons. The fourth-order valence-corrected chi connectivity index (χ4v) is 1.87. The van der Waals surface area contributed by atoms with Crippen molar-refractivity contribution in [2.75, 3.05) is 19.6 Å². The monoisotopic (exact) mass is 228 g/mol. The van der Waals surface area contributed by atoms with Crippen molar-refractivity contribution in [1.82, 2.24) is 10.6 Å². The molecule has 0 radical (unpaired) electrons. The van der Waals surface area contributed by atoms with E-state index in [1.165, 1.54) is 6.42 Å². The van der Waals surface area contributed by atoms with Gasteiger partial charge in [-0.1, -0.05) is 6.92 Å². The Morgan fingerprint density at radius 3 is 2.69 bits per heavy atom. The molecular formula is C12H24N2O2. The Balaban J connectivity index is 2.30. The van der Waals surface area contributed by atoms with Crippen molar-refractivity contribution >= 4 is 6.09 Å². The van der Waals surface area contributed by atoms with Gasteiger partial charge in [-0.25, -0.2) is 4.79 Å². The lowest BCUT2D eigenvalue weighted by Gasteiger charge is -2.34. The van der Waals surface area contributed by atoms with Gasteiger partial charge in [-0.3, -0.25) is 0 Å². The van der Waals surface area contributed by atoms with Crippen molar-refractivity contribution in [2.24, 2.45) is 5.41 Å². The molecule has 4 heteroatoms. The summed E-state index contributed by atoms with van der Waals surface area (Å²) >= 11 is 0. The molecule has 0 aromatic carbocycles. The molecule has 0 spiro atoms. The van der Waals surface area contributed by atoms with Crippen LogP contribution in [-0.2, 0) is 4.74 Å². The van der Waals surface area contributed by atoms with Gasteiger partial charge in [0.15, 0.2) is 0 Å². The Morgan fingerprint density at radius 1 is 1.50 bits per heavy atom. The highest BCUT2D eigenvalue weighted by atomic mass is 16.6. The summed E-state index contributed by atoms with van der Waals surface area (Å²) in [7, 11) is 0. The number of hydrogen-bond acceptors (Lipinski definition) is 3. The minimum Gasteiger partial charge on any atom is -0.444 e. The van der Waals surface area contributed by atoms with Gasteiger partial charge in [0.25, 0.3) is 0 Å². The zero-order valence-electron chi connectivity index (χ0n) is 10.9. The molecule has 1 heterocycles. The number of alkyl carbamates (subject to hydrolysis) is 1. The maximum absolute atomic E-state index is 11.5. The van der Waals surface area contributed by atoms with E-state index in [9.17, 15) is 4.79 Å². The summed E-state index contributed by atoms with van der Waals surface area (Å²) < 4.78 is 5.20. The van der Waals surface area contributed by atoms with Crippen molar-refractivity contribution in [2.45, 2.75) is 46.1 Å². The van der Waals surface area contributed by atoms with Crippen LogP contribution >= 0.6 is 0 Å². The van der Waals surface area contributed by atoms with Crippen LogP contribution in [0.25, 0.3) is 0 Å². The lowest BCUT2D eigenvalue weighted by molar-refractivity contribution is 0.0495. The van der Waals surface area contributed by atoms with E-state index in [4.69, 9.17) is 4.74 Å². The van der Waals surface area contributed by atoms with Gasteiger partial charge >= 0.3 is 6.09 Å². The molecule has 0 bridgehead atoms. The van der Waals surface area contributed by atoms with E-state index >= 15 is 0 Å². The normalized spacial score (nSPS) is 26.2. The van der Waals surface area contributed by atoms with E-state index in [0.29, 0.717) is 6.54 Å². The van der Waals surface area contributed by atoms with Gasteiger partial charge in [0.05, 0.1) is 0 Å². The molecule has 1 saturated heterocycles. The van der Waals surface area contributed by atoms with Gasteiger partial charge in [0, 0.05) is 13.1 Å². The summed E-state index contributed by atoms with van der Waals surface area (Å²) in [6, 6.07) is 0. The molecule has 0 aromatic rings. The van der Waals surface area contributed by atoms with Crippen LogP contribution in [0.1, 0.15) is 40.5 Å². The van der Waals surface area contributed by atoms with Crippen LogP contribution < -0.4 is 10.6 Å². The summed E-state index contributed by atoms with van der Waals surface area (Å²) in [6.07, 6.45) is 2.00. The summed E-state index contributed by atoms with van der Waals surface area (Å²) in [5, 5.41) is 6.20. The topological polar surface area (TPSA) is 50.4 Å². The zero-order valence-corrected chi connectivity index (χ0v) is 10.9. The third-order valence-electron chi connectivity index (χ3n) is 2.74.